The summed E-state index contributed by atoms with van der Waals surface area (Å²) in [4.78, 5) is 28.8. The lowest BCUT2D eigenvalue weighted by Crippen LogP contribution is -2.52. The largest absolute Gasteiger partial charge is 0.354 e. The Kier molecular flexibility index (Phi) is 10.3. The van der Waals surface area contributed by atoms with Crippen LogP contribution in [0, 0.1) is 20.8 Å². The number of aryl methyl sites for hydroxylation is 3. The molecule has 3 aromatic rings. The lowest BCUT2D eigenvalue weighted by atomic mass is 10.1. The lowest BCUT2D eigenvalue weighted by molar-refractivity contribution is -0.140. The van der Waals surface area contributed by atoms with Gasteiger partial charge in [-0.25, -0.2) is 8.42 Å². The molecule has 0 aromatic heterocycles. The van der Waals surface area contributed by atoms with Crippen molar-refractivity contribution in [3.05, 3.63) is 95.1 Å². The summed E-state index contributed by atoms with van der Waals surface area (Å²) in [7, 11) is -4.08. The first-order valence-corrected chi connectivity index (χ1v) is 14.8. The number of benzene rings is 3. The molecule has 3 aromatic carbocycles. The highest BCUT2D eigenvalue weighted by molar-refractivity contribution is 7.92. The molecule has 39 heavy (non-hydrogen) atoms. The zero-order valence-corrected chi connectivity index (χ0v) is 24.3. The van der Waals surface area contributed by atoms with Gasteiger partial charge in [-0.3, -0.25) is 13.9 Å². The minimum Gasteiger partial charge on any atom is -0.354 e. The van der Waals surface area contributed by atoms with Crippen molar-refractivity contribution in [2.75, 3.05) is 17.4 Å². The second kappa shape index (κ2) is 13.4. The number of carbonyl (C=O) groups is 2. The number of anilines is 1. The van der Waals surface area contributed by atoms with Gasteiger partial charge in [0.1, 0.15) is 12.6 Å². The molecule has 0 bridgehead atoms. The quantitative estimate of drug-likeness (QED) is 0.339. The molecule has 0 unspecified atom stereocenters. The molecule has 8 heteroatoms. The van der Waals surface area contributed by atoms with Crippen LogP contribution in [0.2, 0.25) is 0 Å². The smallest absolute Gasteiger partial charge is 0.264 e. The van der Waals surface area contributed by atoms with Crippen molar-refractivity contribution in [3.8, 4) is 0 Å². The predicted octanol–water partition coefficient (Wildman–Crippen LogP) is 5.14. The Hall–Kier alpha value is -3.65. The maximum Gasteiger partial charge on any atom is 0.264 e. The van der Waals surface area contributed by atoms with Crippen molar-refractivity contribution >= 4 is 27.5 Å². The molecule has 0 aliphatic rings. The van der Waals surface area contributed by atoms with E-state index in [1.807, 2.05) is 65.0 Å². The van der Waals surface area contributed by atoms with Crippen LogP contribution in [0.3, 0.4) is 0 Å². The van der Waals surface area contributed by atoms with Gasteiger partial charge >= 0.3 is 0 Å². The Bertz CT molecular complexity index is 1370. The number of nitrogens with one attached hydrogen (secondary N) is 1. The Morgan fingerprint density at radius 3 is 2.03 bits per heavy atom. The predicted molar refractivity (Wildman–Crippen MR) is 156 cm³/mol. The van der Waals surface area contributed by atoms with E-state index in [0.29, 0.717) is 18.7 Å². The summed E-state index contributed by atoms with van der Waals surface area (Å²) in [5, 5.41) is 2.90. The summed E-state index contributed by atoms with van der Waals surface area (Å²) in [6, 6.07) is 20.7. The van der Waals surface area contributed by atoms with Crippen LogP contribution >= 0.6 is 0 Å². The lowest BCUT2D eigenvalue weighted by Gasteiger charge is -2.33. The van der Waals surface area contributed by atoms with E-state index in [1.165, 1.54) is 4.90 Å². The second-order valence-electron chi connectivity index (χ2n) is 9.89. The van der Waals surface area contributed by atoms with Crippen molar-refractivity contribution in [3.63, 3.8) is 0 Å². The minimum atomic E-state index is -4.08. The van der Waals surface area contributed by atoms with E-state index in [9.17, 15) is 18.0 Å². The SMILES string of the molecule is CCCNC(=O)[C@@H](CC)N(Cc1ccc(C)cc1)C(=O)CN(c1cccc(C)c1)S(=O)(=O)c1ccc(C)cc1. The summed E-state index contributed by atoms with van der Waals surface area (Å²) in [5.74, 6) is -0.699. The van der Waals surface area contributed by atoms with Gasteiger partial charge in [-0.1, -0.05) is 73.5 Å². The number of nitrogens with zero attached hydrogens (tertiary/aromatic N) is 2. The molecule has 0 aliphatic heterocycles. The molecule has 0 radical (unpaired) electrons. The Morgan fingerprint density at radius 1 is 0.846 bits per heavy atom. The monoisotopic (exact) mass is 549 g/mol. The number of hydrogen-bond donors (Lipinski definition) is 1. The average Bonchev–Trinajstić information content (AvgIpc) is 2.91. The molecule has 0 heterocycles. The van der Waals surface area contributed by atoms with E-state index in [4.69, 9.17) is 0 Å². The first kappa shape index (κ1) is 29.9. The number of sulfonamides is 1. The maximum atomic E-state index is 14.0. The normalized spacial score (nSPS) is 12.0. The highest BCUT2D eigenvalue weighted by Gasteiger charge is 2.33. The van der Waals surface area contributed by atoms with Gasteiger partial charge in [0.05, 0.1) is 10.6 Å². The average molecular weight is 550 g/mol. The molecule has 0 fully saturated rings. The Balaban J connectivity index is 2.04. The van der Waals surface area contributed by atoms with Gasteiger partial charge in [0, 0.05) is 13.1 Å². The van der Waals surface area contributed by atoms with Crippen LogP contribution in [0.25, 0.3) is 0 Å². The van der Waals surface area contributed by atoms with Crippen LogP contribution in [0.4, 0.5) is 5.69 Å². The molecule has 7 nitrogen and oxygen atoms in total. The van der Waals surface area contributed by atoms with Crippen LogP contribution in [-0.4, -0.2) is 44.3 Å². The third-order valence-electron chi connectivity index (χ3n) is 6.59. The maximum absolute atomic E-state index is 14.0. The summed E-state index contributed by atoms with van der Waals surface area (Å²) in [6.45, 7) is 9.80. The first-order chi connectivity index (χ1) is 18.6. The highest BCUT2D eigenvalue weighted by Crippen LogP contribution is 2.26. The third kappa shape index (κ3) is 7.69. The molecule has 0 spiro atoms. The van der Waals surface area contributed by atoms with Gasteiger partial charge in [0.2, 0.25) is 11.8 Å². The fraction of sp³-hybridized carbons (Fsp3) is 0.355. The van der Waals surface area contributed by atoms with Gasteiger partial charge in [-0.2, -0.15) is 0 Å². The first-order valence-electron chi connectivity index (χ1n) is 13.4. The zero-order chi connectivity index (χ0) is 28.6. The number of carbonyl (C=O) groups excluding carboxylic acids is 2. The van der Waals surface area contributed by atoms with Crippen LogP contribution in [0.15, 0.2) is 77.7 Å². The topological polar surface area (TPSA) is 86.8 Å². The fourth-order valence-electron chi connectivity index (χ4n) is 4.32. The molecule has 3 rings (SSSR count). The van der Waals surface area contributed by atoms with E-state index >= 15 is 0 Å². The molecule has 0 saturated carbocycles. The molecule has 1 atom stereocenters. The van der Waals surface area contributed by atoms with E-state index < -0.39 is 28.5 Å². The summed E-state index contributed by atoms with van der Waals surface area (Å²) < 4.78 is 28.9. The van der Waals surface area contributed by atoms with Gasteiger partial charge in [-0.15, -0.1) is 0 Å². The van der Waals surface area contributed by atoms with Gasteiger partial charge in [0.25, 0.3) is 10.0 Å². The van der Waals surface area contributed by atoms with Crippen molar-refractivity contribution in [2.24, 2.45) is 0 Å². The van der Waals surface area contributed by atoms with Crippen LogP contribution in [0.1, 0.15) is 48.9 Å². The number of amides is 2. The van der Waals surface area contributed by atoms with Crippen molar-refractivity contribution < 1.29 is 18.0 Å². The van der Waals surface area contributed by atoms with Gasteiger partial charge in [0.15, 0.2) is 0 Å². The number of hydrogen-bond acceptors (Lipinski definition) is 4. The van der Waals surface area contributed by atoms with Crippen LogP contribution in [-0.2, 0) is 26.2 Å². The van der Waals surface area contributed by atoms with Crippen molar-refractivity contribution in [2.45, 2.75) is 64.9 Å². The summed E-state index contributed by atoms with van der Waals surface area (Å²) >= 11 is 0. The van der Waals surface area contributed by atoms with E-state index in [1.54, 1.807) is 42.5 Å². The molecule has 2 amide bonds. The standard InChI is InChI=1S/C31H39N3O4S/c1-6-19-32-31(36)29(7-2)33(21-26-15-11-23(3)12-16-26)30(35)22-34(27-10-8-9-25(5)20-27)39(37,38)28-17-13-24(4)14-18-28/h8-18,20,29H,6-7,19,21-22H2,1-5H3,(H,32,36)/t29-/m1/s1. The van der Waals surface area contributed by atoms with Gasteiger partial charge in [-0.05, 0) is 69.0 Å². The van der Waals surface area contributed by atoms with Crippen LogP contribution in [0.5, 0.6) is 0 Å². The summed E-state index contributed by atoms with van der Waals surface area (Å²) in [6.07, 6.45) is 1.16. The van der Waals surface area contributed by atoms with Crippen LogP contribution < -0.4 is 9.62 Å². The zero-order valence-electron chi connectivity index (χ0n) is 23.5. The van der Waals surface area contributed by atoms with Crippen molar-refractivity contribution in [1.29, 1.82) is 0 Å². The van der Waals surface area contributed by atoms with Crippen molar-refractivity contribution in [1.82, 2.24) is 10.2 Å². The Labute approximate surface area is 232 Å². The van der Waals surface area contributed by atoms with E-state index in [-0.39, 0.29) is 17.3 Å². The molecule has 208 valence electrons. The molecule has 0 saturated heterocycles. The molecular weight excluding hydrogens is 510 g/mol. The highest BCUT2D eigenvalue weighted by atomic mass is 32.2. The minimum absolute atomic E-state index is 0.0974. The fourth-order valence-corrected chi connectivity index (χ4v) is 5.73. The summed E-state index contributed by atoms with van der Waals surface area (Å²) in [5.41, 5.74) is 4.13. The van der Waals surface area contributed by atoms with E-state index in [2.05, 4.69) is 5.32 Å². The molecule has 1 N–H and O–H groups in total. The Morgan fingerprint density at radius 2 is 1.46 bits per heavy atom. The van der Waals surface area contributed by atoms with Gasteiger partial charge < -0.3 is 10.2 Å². The second-order valence-corrected chi connectivity index (χ2v) is 11.7. The molecule has 0 aliphatic carbocycles. The molecular formula is C31H39N3O4S. The third-order valence-corrected chi connectivity index (χ3v) is 8.37. The number of rotatable bonds is 12. The van der Waals surface area contributed by atoms with E-state index in [0.717, 1.165) is 33.0 Å².